The molecule has 0 aromatic heterocycles. The summed E-state index contributed by atoms with van der Waals surface area (Å²) in [6, 6.07) is 16.4. The van der Waals surface area contributed by atoms with E-state index in [0.29, 0.717) is 12.5 Å². The van der Waals surface area contributed by atoms with Gasteiger partial charge in [-0.15, -0.1) is 24.0 Å². The highest BCUT2D eigenvalue weighted by molar-refractivity contribution is 14.0. The Kier molecular flexibility index (Phi) is 9.85. The lowest BCUT2D eigenvalue weighted by atomic mass is 10.0. The smallest absolute Gasteiger partial charge is 0.221 e. The monoisotopic (exact) mass is 480 g/mol. The van der Waals surface area contributed by atoms with Crippen molar-refractivity contribution in [3.8, 4) is 0 Å². The number of carbonyl (C=O) groups excluding carboxylic acids is 1. The molecule has 0 spiro atoms. The Morgan fingerprint density at radius 3 is 2.44 bits per heavy atom. The van der Waals surface area contributed by atoms with Crippen molar-refractivity contribution >= 4 is 41.5 Å². The Hall–Kier alpha value is -2.09. The Morgan fingerprint density at radius 2 is 1.81 bits per heavy atom. The zero-order valence-electron chi connectivity index (χ0n) is 16.4. The van der Waals surface area contributed by atoms with Crippen LogP contribution in [0.25, 0.3) is 0 Å². The van der Waals surface area contributed by atoms with Gasteiger partial charge in [0.1, 0.15) is 0 Å². The van der Waals surface area contributed by atoms with E-state index in [4.69, 9.17) is 0 Å². The minimum Gasteiger partial charge on any atom is -0.356 e. The molecule has 0 aliphatic rings. The van der Waals surface area contributed by atoms with Gasteiger partial charge in [-0.1, -0.05) is 48.9 Å². The highest BCUT2D eigenvalue weighted by Crippen LogP contribution is 2.14. The normalized spacial score (nSPS) is 11.9. The van der Waals surface area contributed by atoms with Crippen LogP contribution in [0.15, 0.2) is 53.5 Å². The number of guanidine groups is 1. The lowest BCUT2D eigenvalue weighted by Crippen LogP contribution is -2.38. The van der Waals surface area contributed by atoms with Crippen LogP contribution in [0.5, 0.6) is 0 Å². The highest BCUT2D eigenvalue weighted by atomic mass is 127. The van der Waals surface area contributed by atoms with Crippen LogP contribution in [-0.4, -0.2) is 25.5 Å². The van der Waals surface area contributed by atoms with Gasteiger partial charge in [0.2, 0.25) is 5.91 Å². The van der Waals surface area contributed by atoms with Gasteiger partial charge < -0.3 is 16.0 Å². The fourth-order valence-corrected chi connectivity index (χ4v) is 2.63. The van der Waals surface area contributed by atoms with Crippen molar-refractivity contribution in [2.75, 3.05) is 18.9 Å². The minimum absolute atomic E-state index is 0. The maximum absolute atomic E-state index is 11.2. The van der Waals surface area contributed by atoms with Crippen LogP contribution in [0.3, 0.4) is 0 Å². The van der Waals surface area contributed by atoms with Crippen LogP contribution in [0.4, 0.5) is 5.69 Å². The highest BCUT2D eigenvalue weighted by Gasteiger charge is 2.07. The van der Waals surface area contributed by atoms with Crippen LogP contribution in [0.2, 0.25) is 0 Å². The molecule has 27 heavy (non-hydrogen) atoms. The fraction of sp³-hybridized carbons (Fsp3) is 0.333. The van der Waals surface area contributed by atoms with Gasteiger partial charge in [0.15, 0.2) is 5.96 Å². The molecule has 1 amide bonds. The first-order valence-corrected chi connectivity index (χ1v) is 8.85. The van der Waals surface area contributed by atoms with E-state index in [1.54, 1.807) is 7.05 Å². The van der Waals surface area contributed by atoms with Gasteiger partial charge in [-0.2, -0.15) is 0 Å². The summed E-state index contributed by atoms with van der Waals surface area (Å²) in [5.74, 6) is 1.07. The molecule has 0 radical (unpaired) electrons. The number of nitrogens with zero attached hydrogens (tertiary/aromatic N) is 1. The number of carbonyl (C=O) groups is 1. The van der Waals surface area contributed by atoms with Crippen LogP contribution < -0.4 is 16.0 Å². The van der Waals surface area contributed by atoms with E-state index < -0.39 is 0 Å². The summed E-state index contributed by atoms with van der Waals surface area (Å²) < 4.78 is 0. The summed E-state index contributed by atoms with van der Waals surface area (Å²) >= 11 is 0. The maximum atomic E-state index is 11.2. The number of anilines is 1. The maximum Gasteiger partial charge on any atom is 0.221 e. The molecule has 0 bridgehead atoms. The Labute approximate surface area is 179 Å². The quantitative estimate of drug-likeness (QED) is 0.332. The lowest BCUT2D eigenvalue weighted by molar-refractivity contribution is -0.114. The first-order chi connectivity index (χ1) is 12.5. The zero-order valence-corrected chi connectivity index (χ0v) is 18.7. The Bertz CT molecular complexity index is 759. The van der Waals surface area contributed by atoms with Gasteiger partial charge >= 0.3 is 0 Å². The molecule has 5 nitrogen and oxygen atoms in total. The second kappa shape index (κ2) is 11.6. The number of nitrogens with one attached hydrogen (secondary N) is 3. The van der Waals surface area contributed by atoms with Crippen LogP contribution >= 0.6 is 24.0 Å². The molecule has 0 saturated carbocycles. The number of benzene rings is 2. The molecule has 0 fully saturated rings. The number of halogens is 1. The number of rotatable bonds is 6. The summed E-state index contributed by atoms with van der Waals surface area (Å²) in [4.78, 5) is 15.4. The Morgan fingerprint density at radius 1 is 1.11 bits per heavy atom. The third kappa shape index (κ3) is 7.99. The SMILES string of the molecule is CN=C(NCc1cccc(NC(C)=O)c1)NCC(C)c1ccc(C)cc1.I. The van der Waals surface area contributed by atoms with Crippen molar-refractivity contribution in [3.05, 3.63) is 65.2 Å². The van der Waals surface area contributed by atoms with Crippen LogP contribution in [0.1, 0.15) is 36.5 Å². The van der Waals surface area contributed by atoms with E-state index in [9.17, 15) is 4.79 Å². The minimum atomic E-state index is -0.0716. The van der Waals surface area contributed by atoms with Crippen molar-refractivity contribution in [3.63, 3.8) is 0 Å². The van der Waals surface area contributed by atoms with E-state index in [2.05, 4.69) is 59.1 Å². The summed E-state index contributed by atoms with van der Waals surface area (Å²) in [7, 11) is 1.76. The molecule has 0 aliphatic carbocycles. The molecule has 0 saturated heterocycles. The number of hydrogen-bond donors (Lipinski definition) is 3. The van der Waals surface area contributed by atoms with Gasteiger partial charge in [-0.25, -0.2) is 0 Å². The number of hydrogen-bond acceptors (Lipinski definition) is 2. The molecule has 3 N–H and O–H groups in total. The molecule has 146 valence electrons. The first kappa shape index (κ1) is 23.0. The number of amides is 1. The standard InChI is InChI=1S/C21H28N4O.HI/c1-15-8-10-19(11-9-15)16(2)13-23-21(22-4)24-14-18-6-5-7-20(12-18)25-17(3)26;/h5-12,16H,13-14H2,1-4H3,(H,25,26)(H2,22,23,24);1H. The van der Waals surface area contributed by atoms with Crippen molar-refractivity contribution in [1.29, 1.82) is 0 Å². The molecule has 0 heterocycles. The van der Waals surface area contributed by atoms with Crippen LogP contribution in [0, 0.1) is 6.92 Å². The van der Waals surface area contributed by atoms with E-state index in [1.807, 2.05) is 24.3 Å². The Balaban J connectivity index is 0.00000364. The lowest BCUT2D eigenvalue weighted by Gasteiger charge is -2.17. The second-order valence-electron chi connectivity index (χ2n) is 6.50. The van der Waals surface area contributed by atoms with Crippen molar-refractivity contribution in [2.24, 2.45) is 4.99 Å². The van der Waals surface area contributed by atoms with Gasteiger partial charge in [-0.3, -0.25) is 9.79 Å². The largest absolute Gasteiger partial charge is 0.356 e. The molecule has 1 unspecified atom stereocenters. The van der Waals surface area contributed by atoms with Crippen molar-refractivity contribution < 1.29 is 4.79 Å². The second-order valence-corrected chi connectivity index (χ2v) is 6.50. The molecule has 2 aromatic rings. The van der Waals surface area contributed by atoms with Gasteiger partial charge in [0.25, 0.3) is 0 Å². The predicted octanol–water partition coefficient (Wildman–Crippen LogP) is 4.04. The van der Waals surface area contributed by atoms with E-state index in [0.717, 1.165) is 23.8 Å². The molecular weight excluding hydrogens is 451 g/mol. The molecule has 0 aliphatic heterocycles. The number of aliphatic imine (C=N–C) groups is 1. The van der Waals surface area contributed by atoms with Crippen molar-refractivity contribution in [1.82, 2.24) is 10.6 Å². The zero-order chi connectivity index (χ0) is 18.9. The predicted molar refractivity (Wildman–Crippen MR) is 124 cm³/mol. The fourth-order valence-electron chi connectivity index (χ4n) is 2.63. The van der Waals surface area contributed by atoms with E-state index in [1.165, 1.54) is 18.1 Å². The van der Waals surface area contributed by atoms with E-state index >= 15 is 0 Å². The molecule has 2 rings (SSSR count). The van der Waals surface area contributed by atoms with Gasteiger partial charge in [0.05, 0.1) is 0 Å². The van der Waals surface area contributed by atoms with Gasteiger partial charge in [-0.05, 0) is 36.1 Å². The van der Waals surface area contributed by atoms with E-state index in [-0.39, 0.29) is 29.9 Å². The average molecular weight is 480 g/mol. The molecule has 2 aromatic carbocycles. The molecule has 1 atom stereocenters. The average Bonchev–Trinajstić information content (AvgIpc) is 2.62. The summed E-state index contributed by atoms with van der Waals surface area (Å²) in [6.45, 7) is 7.23. The van der Waals surface area contributed by atoms with Gasteiger partial charge in [0, 0.05) is 32.7 Å². The topological polar surface area (TPSA) is 65.5 Å². The molecule has 6 heteroatoms. The summed E-state index contributed by atoms with van der Waals surface area (Å²) in [6.07, 6.45) is 0. The third-order valence-corrected chi connectivity index (χ3v) is 4.15. The summed E-state index contributed by atoms with van der Waals surface area (Å²) in [5, 5.41) is 9.47. The van der Waals surface area contributed by atoms with Crippen LogP contribution in [-0.2, 0) is 11.3 Å². The third-order valence-electron chi connectivity index (χ3n) is 4.15. The number of aryl methyl sites for hydroxylation is 1. The first-order valence-electron chi connectivity index (χ1n) is 8.85. The molecular formula is C21H29IN4O. The van der Waals surface area contributed by atoms with Crippen molar-refractivity contribution in [2.45, 2.75) is 33.2 Å². The summed E-state index contributed by atoms with van der Waals surface area (Å²) in [5.41, 5.74) is 4.45.